The third kappa shape index (κ3) is 2.36. The third-order valence-electron chi connectivity index (χ3n) is 1.72. The van der Waals surface area contributed by atoms with Crippen molar-refractivity contribution in [1.29, 1.82) is 5.26 Å². The van der Waals surface area contributed by atoms with E-state index in [0.29, 0.717) is 16.3 Å². The fourth-order valence-electron chi connectivity index (χ4n) is 1.06. The number of aliphatic hydroxyl groups excluding tert-OH is 2. The number of hydrogen-bond acceptors (Lipinski definition) is 4. The first-order valence-corrected chi connectivity index (χ1v) is 4.24. The second-order valence-electron chi connectivity index (χ2n) is 2.84. The monoisotopic (exact) mass is 212 g/mol. The quantitative estimate of drug-likeness (QED) is 0.501. The molecule has 0 aromatic heterocycles. The number of nitriles is 1. The van der Waals surface area contributed by atoms with Crippen LogP contribution in [0.5, 0.6) is 0 Å². The minimum absolute atomic E-state index is 0.323. The van der Waals surface area contributed by atoms with Gasteiger partial charge in [-0.05, 0) is 23.8 Å². The molecule has 5 heteroatoms. The molecule has 0 saturated heterocycles. The standard InChI is InChI=1S/C9H9ClN2O2/c10-6-1-5(2-7(12)3-6)9(14)8(13)4-11/h1-3,8-9,13-14H,12H2. The van der Waals surface area contributed by atoms with Crippen LogP contribution >= 0.6 is 11.6 Å². The van der Waals surface area contributed by atoms with E-state index < -0.39 is 12.2 Å². The van der Waals surface area contributed by atoms with E-state index in [0.717, 1.165) is 0 Å². The van der Waals surface area contributed by atoms with Crippen LogP contribution in [0.25, 0.3) is 0 Å². The summed E-state index contributed by atoms with van der Waals surface area (Å²) < 4.78 is 0. The fourth-order valence-corrected chi connectivity index (χ4v) is 1.31. The lowest BCUT2D eigenvalue weighted by Crippen LogP contribution is -2.15. The van der Waals surface area contributed by atoms with Crippen molar-refractivity contribution in [3.8, 4) is 6.07 Å². The molecule has 14 heavy (non-hydrogen) atoms. The van der Waals surface area contributed by atoms with Gasteiger partial charge >= 0.3 is 0 Å². The van der Waals surface area contributed by atoms with Gasteiger partial charge in [0, 0.05) is 10.7 Å². The Kier molecular flexibility index (Phi) is 3.31. The minimum atomic E-state index is -1.48. The van der Waals surface area contributed by atoms with Crippen LogP contribution in [0.3, 0.4) is 0 Å². The molecule has 0 amide bonds. The van der Waals surface area contributed by atoms with Crippen LogP contribution in [0.2, 0.25) is 5.02 Å². The predicted octanol–water partition coefficient (Wildman–Crippen LogP) is 0.840. The summed E-state index contributed by atoms with van der Waals surface area (Å²) in [7, 11) is 0. The Labute approximate surface area is 86.2 Å². The Hall–Kier alpha value is -1.28. The Morgan fingerprint density at radius 2 is 2.00 bits per heavy atom. The highest BCUT2D eigenvalue weighted by Gasteiger charge is 2.18. The highest BCUT2D eigenvalue weighted by atomic mass is 35.5. The van der Waals surface area contributed by atoms with Crippen LogP contribution in [-0.2, 0) is 0 Å². The van der Waals surface area contributed by atoms with Gasteiger partial charge in [-0.1, -0.05) is 11.6 Å². The number of nitrogens with two attached hydrogens (primary N) is 1. The van der Waals surface area contributed by atoms with Gasteiger partial charge in [0.15, 0.2) is 6.10 Å². The van der Waals surface area contributed by atoms with Gasteiger partial charge in [0.25, 0.3) is 0 Å². The van der Waals surface area contributed by atoms with Gasteiger partial charge < -0.3 is 15.9 Å². The summed E-state index contributed by atoms with van der Waals surface area (Å²) in [6.45, 7) is 0. The summed E-state index contributed by atoms with van der Waals surface area (Å²) in [6.07, 6.45) is -2.77. The summed E-state index contributed by atoms with van der Waals surface area (Å²) in [5.74, 6) is 0. The Morgan fingerprint density at radius 3 is 2.50 bits per heavy atom. The van der Waals surface area contributed by atoms with E-state index >= 15 is 0 Å². The third-order valence-corrected chi connectivity index (χ3v) is 1.93. The first kappa shape index (κ1) is 10.8. The predicted molar refractivity (Wildman–Crippen MR) is 52.4 cm³/mol. The largest absolute Gasteiger partial charge is 0.399 e. The maximum atomic E-state index is 9.45. The highest BCUT2D eigenvalue weighted by molar-refractivity contribution is 6.30. The van der Waals surface area contributed by atoms with Crippen molar-refractivity contribution in [3.63, 3.8) is 0 Å². The van der Waals surface area contributed by atoms with E-state index in [9.17, 15) is 5.11 Å². The highest BCUT2D eigenvalue weighted by Crippen LogP contribution is 2.23. The number of halogens is 1. The summed E-state index contributed by atoms with van der Waals surface area (Å²) in [6, 6.07) is 5.94. The van der Waals surface area contributed by atoms with Gasteiger partial charge in [-0.15, -0.1) is 0 Å². The van der Waals surface area contributed by atoms with Crippen LogP contribution < -0.4 is 5.73 Å². The van der Waals surface area contributed by atoms with E-state index in [1.807, 2.05) is 0 Å². The lowest BCUT2D eigenvalue weighted by molar-refractivity contribution is 0.0528. The number of hydrogen-bond donors (Lipinski definition) is 3. The summed E-state index contributed by atoms with van der Waals surface area (Å²) >= 11 is 5.69. The molecule has 0 bridgehead atoms. The van der Waals surface area contributed by atoms with Crippen LogP contribution in [0.1, 0.15) is 11.7 Å². The first-order valence-electron chi connectivity index (χ1n) is 3.86. The van der Waals surface area contributed by atoms with Crippen molar-refractivity contribution >= 4 is 17.3 Å². The van der Waals surface area contributed by atoms with Crippen LogP contribution in [-0.4, -0.2) is 16.3 Å². The lowest BCUT2D eigenvalue weighted by atomic mass is 10.0. The van der Waals surface area contributed by atoms with Gasteiger partial charge in [0.05, 0.1) is 6.07 Å². The molecule has 1 aromatic rings. The smallest absolute Gasteiger partial charge is 0.170 e. The Balaban J connectivity index is 3.02. The van der Waals surface area contributed by atoms with Gasteiger partial charge in [0.1, 0.15) is 6.10 Å². The number of rotatable bonds is 2. The van der Waals surface area contributed by atoms with E-state index in [-0.39, 0.29) is 0 Å². The zero-order chi connectivity index (χ0) is 10.7. The van der Waals surface area contributed by atoms with E-state index in [1.54, 1.807) is 0 Å². The van der Waals surface area contributed by atoms with Gasteiger partial charge in [-0.25, -0.2) is 0 Å². The Bertz CT molecular complexity index is 355. The molecule has 0 aliphatic carbocycles. The zero-order valence-corrected chi connectivity index (χ0v) is 7.94. The molecular weight excluding hydrogens is 204 g/mol. The molecule has 0 aliphatic heterocycles. The van der Waals surface area contributed by atoms with Gasteiger partial charge in [-0.2, -0.15) is 5.26 Å². The topological polar surface area (TPSA) is 90.3 Å². The van der Waals surface area contributed by atoms with Crippen molar-refractivity contribution in [2.75, 3.05) is 5.73 Å². The first-order chi connectivity index (χ1) is 6.54. The average molecular weight is 213 g/mol. The second-order valence-corrected chi connectivity index (χ2v) is 3.27. The molecule has 0 saturated carbocycles. The van der Waals surface area contributed by atoms with E-state index in [1.165, 1.54) is 24.3 Å². The number of aliphatic hydroxyl groups is 2. The van der Waals surface area contributed by atoms with Crippen molar-refractivity contribution in [2.45, 2.75) is 12.2 Å². The number of nitrogens with zero attached hydrogens (tertiary/aromatic N) is 1. The zero-order valence-electron chi connectivity index (χ0n) is 7.18. The van der Waals surface area contributed by atoms with E-state index in [2.05, 4.69) is 0 Å². The minimum Gasteiger partial charge on any atom is -0.399 e. The molecule has 0 heterocycles. The molecule has 0 radical (unpaired) electrons. The maximum Gasteiger partial charge on any atom is 0.170 e. The molecule has 2 atom stereocenters. The number of benzene rings is 1. The molecule has 4 nitrogen and oxygen atoms in total. The molecule has 74 valence electrons. The molecule has 0 fully saturated rings. The van der Waals surface area contributed by atoms with Gasteiger partial charge in [0.2, 0.25) is 0 Å². The lowest BCUT2D eigenvalue weighted by Gasteiger charge is -2.12. The van der Waals surface area contributed by atoms with Crippen molar-refractivity contribution in [1.82, 2.24) is 0 Å². The molecule has 2 unspecified atom stereocenters. The fraction of sp³-hybridized carbons (Fsp3) is 0.222. The summed E-state index contributed by atoms with van der Waals surface area (Å²) in [5.41, 5.74) is 6.17. The number of nitrogen functional groups attached to an aromatic ring is 1. The van der Waals surface area contributed by atoms with Gasteiger partial charge in [-0.3, -0.25) is 0 Å². The normalized spacial score (nSPS) is 14.4. The molecule has 4 N–H and O–H groups in total. The summed E-state index contributed by atoms with van der Waals surface area (Å²) in [4.78, 5) is 0. The molecule has 0 spiro atoms. The molecular formula is C9H9ClN2O2. The van der Waals surface area contributed by atoms with Crippen LogP contribution in [0.15, 0.2) is 18.2 Å². The average Bonchev–Trinajstić information content (AvgIpc) is 2.14. The van der Waals surface area contributed by atoms with Crippen molar-refractivity contribution in [2.24, 2.45) is 0 Å². The Morgan fingerprint density at radius 1 is 1.36 bits per heavy atom. The van der Waals surface area contributed by atoms with Crippen molar-refractivity contribution in [3.05, 3.63) is 28.8 Å². The molecule has 0 aliphatic rings. The SMILES string of the molecule is N#CC(O)C(O)c1cc(N)cc(Cl)c1. The van der Waals surface area contributed by atoms with Crippen LogP contribution in [0.4, 0.5) is 5.69 Å². The van der Waals surface area contributed by atoms with Crippen molar-refractivity contribution < 1.29 is 10.2 Å². The van der Waals surface area contributed by atoms with E-state index in [4.69, 9.17) is 27.7 Å². The van der Waals surface area contributed by atoms with Crippen LogP contribution in [0, 0.1) is 11.3 Å². The second kappa shape index (κ2) is 4.29. The summed E-state index contributed by atoms with van der Waals surface area (Å²) in [5, 5.41) is 27.2. The maximum absolute atomic E-state index is 9.45. The molecule has 1 rings (SSSR count). The molecule has 1 aromatic carbocycles. The number of anilines is 1.